The van der Waals surface area contributed by atoms with Gasteiger partial charge in [-0.1, -0.05) is 92.9 Å². The molecule has 0 aliphatic heterocycles. The van der Waals surface area contributed by atoms with E-state index in [9.17, 15) is 24.4 Å². The Labute approximate surface area is 291 Å². The predicted octanol–water partition coefficient (Wildman–Crippen LogP) is 5.42. The highest BCUT2D eigenvalue weighted by Crippen LogP contribution is 2.22. The van der Waals surface area contributed by atoms with Crippen LogP contribution in [0, 0.1) is 5.92 Å². The third kappa shape index (κ3) is 14.3. The Morgan fingerprint density at radius 2 is 1.78 bits per heavy atom. The smallest absolute Gasteiger partial charge is 0.458 e. The van der Waals surface area contributed by atoms with Crippen molar-refractivity contribution in [3.63, 3.8) is 0 Å². The summed E-state index contributed by atoms with van der Waals surface area (Å²) in [6.07, 6.45) is 7.34. The number of hydrogen-bond acceptors (Lipinski definition) is 8. The fraction of sp³-hybridized carbons (Fsp3) is 0.395. The van der Waals surface area contributed by atoms with Crippen LogP contribution < -0.4 is 10.6 Å². The second-order valence-corrected chi connectivity index (χ2v) is 12.8. The van der Waals surface area contributed by atoms with E-state index in [1.54, 1.807) is 26.8 Å². The lowest BCUT2D eigenvalue weighted by molar-refractivity contribution is -0.158. The lowest BCUT2D eigenvalue weighted by Gasteiger charge is -2.26. The molecule has 2 unspecified atom stereocenters. The van der Waals surface area contributed by atoms with Crippen LogP contribution in [0.4, 0.5) is 4.79 Å². The number of nitrogens with zero attached hydrogens (tertiary/aromatic N) is 1. The van der Waals surface area contributed by atoms with E-state index >= 15 is 0 Å². The van der Waals surface area contributed by atoms with Gasteiger partial charge in [0.1, 0.15) is 11.6 Å². The van der Waals surface area contributed by atoms with Crippen molar-refractivity contribution in [3.05, 3.63) is 108 Å². The van der Waals surface area contributed by atoms with E-state index in [0.717, 1.165) is 21.9 Å². The maximum absolute atomic E-state index is 13.2. The van der Waals surface area contributed by atoms with E-state index in [4.69, 9.17) is 9.47 Å². The van der Waals surface area contributed by atoms with Crippen molar-refractivity contribution >= 4 is 35.9 Å². The van der Waals surface area contributed by atoms with Gasteiger partial charge in [-0.3, -0.25) is 9.69 Å². The molecule has 0 heterocycles. The topological polar surface area (TPSA) is 137 Å². The average molecular weight is 674 g/mol. The van der Waals surface area contributed by atoms with Gasteiger partial charge < -0.3 is 30.2 Å². The SMILES string of the molecule is C=CC=C(B(O)O)C(=CC)CN(CCNC(=O)CC(NC(=O)OCC(C)C(=C)C=CC)C(=O)OC(C)(C)C)Cc1cccc2ccccc12. The maximum Gasteiger partial charge on any atom is 0.488 e. The Kier molecular flexibility index (Phi) is 16.8. The first kappa shape index (κ1) is 40.7. The Morgan fingerprint density at radius 1 is 1.08 bits per heavy atom. The summed E-state index contributed by atoms with van der Waals surface area (Å²) in [6, 6.07) is 12.8. The van der Waals surface area contributed by atoms with Crippen LogP contribution in [0.2, 0.25) is 0 Å². The monoisotopic (exact) mass is 673 g/mol. The summed E-state index contributed by atoms with van der Waals surface area (Å²) in [7, 11) is -1.69. The number of rotatable bonds is 18. The molecule has 2 atom stereocenters. The minimum absolute atomic E-state index is 0.0416. The molecule has 2 rings (SSSR count). The van der Waals surface area contributed by atoms with Crippen LogP contribution in [0.3, 0.4) is 0 Å². The average Bonchev–Trinajstić information content (AvgIpc) is 3.04. The number of esters is 1. The molecule has 10 nitrogen and oxygen atoms in total. The van der Waals surface area contributed by atoms with Gasteiger partial charge >= 0.3 is 19.2 Å². The van der Waals surface area contributed by atoms with E-state index in [0.29, 0.717) is 30.7 Å². The lowest BCUT2D eigenvalue weighted by atomic mass is 9.74. The first-order valence-electron chi connectivity index (χ1n) is 16.5. The summed E-state index contributed by atoms with van der Waals surface area (Å²) >= 11 is 0. The molecule has 0 spiro atoms. The van der Waals surface area contributed by atoms with Crippen LogP contribution in [0.25, 0.3) is 10.8 Å². The van der Waals surface area contributed by atoms with Crippen LogP contribution >= 0.6 is 0 Å². The molecule has 0 aliphatic carbocycles. The number of carbonyl (C=O) groups is 3. The van der Waals surface area contributed by atoms with Crippen LogP contribution in [-0.4, -0.2) is 77.9 Å². The molecule has 0 aromatic heterocycles. The molecule has 11 heteroatoms. The highest BCUT2D eigenvalue weighted by molar-refractivity contribution is 6.52. The first-order chi connectivity index (χ1) is 23.2. The van der Waals surface area contributed by atoms with Gasteiger partial charge in [-0.15, -0.1) is 0 Å². The molecule has 2 amide bonds. The number of allylic oxidation sites excluding steroid dienone is 5. The molecule has 264 valence electrons. The summed E-state index contributed by atoms with van der Waals surface area (Å²) < 4.78 is 10.8. The van der Waals surface area contributed by atoms with Crippen molar-refractivity contribution in [2.24, 2.45) is 5.92 Å². The number of hydrogen-bond donors (Lipinski definition) is 4. The lowest BCUT2D eigenvalue weighted by Crippen LogP contribution is -2.47. The zero-order chi connectivity index (χ0) is 36.6. The molecule has 2 aromatic carbocycles. The number of fused-ring (bicyclic) bond motifs is 1. The Balaban J connectivity index is 2.19. The summed E-state index contributed by atoms with van der Waals surface area (Å²) in [5, 5.41) is 27.6. The summed E-state index contributed by atoms with van der Waals surface area (Å²) in [4.78, 5) is 40.9. The maximum atomic E-state index is 13.2. The number of nitrogens with one attached hydrogen (secondary N) is 2. The summed E-state index contributed by atoms with van der Waals surface area (Å²) in [6.45, 7) is 19.8. The third-order valence-corrected chi connectivity index (χ3v) is 7.56. The molecule has 2 aromatic rings. The fourth-order valence-corrected chi connectivity index (χ4v) is 5.01. The first-order valence-corrected chi connectivity index (χ1v) is 16.5. The van der Waals surface area contributed by atoms with Gasteiger partial charge in [0.05, 0.1) is 13.0 Å². The fourth-order valence-electron chi connectivity index (χ4n) is 5.01. The molecule has 0 saturated carbocycles. The second-order valence-electron chi connectivity index (χ2n) is 12.8. The van der Waals surface area contributed by atoms with Gasteiger partial charge in [-0.2, -0.15) is 0 Å². The molecule has 0 saturated heterocycles. The molecule has 0 aliphatic rings. The Morgan fingerprint density at radius 3 is 2.41 bits per heavy atom. The van der Waals surface area contributed by atoms with Gasteiger partial charge in [-0.25, -0.2) is 9.59 Å². The van der Waals surface area contributed by atoms with Crippen molar-refractivity contribution in [1.29, 1.82) is 0 Å². The molecular formula is C38H52BN3O7. The minimum atomic E-state index is -1.69. The highest BCUT2D eigenvalue weighted by atomic mass is 16.6. The van der Waals surface area contributed by atoms with Crippen LogP contribution in [0.1, 0.15) is 53.5 Å². The van der Waals surface area contributed by atoms with Crippen molar-refractivity contribution in [3.8, 4) is 0 Å². The summed E-state index contributed by atoms with van der Waals surface area (Å²) in [5.41, 5.74) is 2.02. The van der Waals surface area contributed by atoms with Crippen molar-refractivity contribution in [2.45, 2.75) is 66.2 Å². The summed E-state index contributed by atoms with van der Waals surface area (Å²) in [5.74, 6) is -1.38. The second kappa shape index (κ2) is 20.2. The number of ether oxygens (including phenoxy) is 2. The molecular weight excluding hydrogens is 621 g/mol. The Bertz CT molecular complexity index is 1540. The molecule has 49 heavy (non-hydrogen) atoms. The van der Waals surface area contributed by atoms with E-state index in [-0.39, 0.29) is 25.5 Å². The molecule has 4 N–H and O–H groups in total. The minimum Gasteiger partial charge on any atom is -0.458 e. The third-order valence-electron chi connectivity index (χ3n) is 7.56. The number of benzene rings is 2. The zero-order valence-electron chi connectivity index (χ0n) is 29.7. The van der Waals surface area contributed by atoms with Gasteiger partial charge in [-0.05, 0) is 67.6 Å². The Hall–Kier alpha value is -4.45. The van der Waals surface area contributed by atoms with E-state index < -0.39 is 36.7 Å². The highest BCUT2D eigenvalue weighted by Gasteiger charge is 2.30. The normalized spacial score (nSPS) is 13.6. The van der Waals surface area contributed by atoms with Gasteiger partial charge in [0.15, 0.2) is 0 Å². The van der Waals surface area contributed by atoms with Crippen LogP contribution in [-0.2, 0) is 25.6 Å². The van der Waals surface area contributed by atoms with Crippen LogP contribution in [0.15, 0.2) is 103 Å². The van der Waals surface area contributed by atoms with Crippen molar-refractivity contribution < 1.29 is 33.9 Å². The zero-order valence-corrected chi connectivity index (χ0v) is 29.7. The van der Waals surface area contributed by atoms with E-state index in [2.05, 4.69) is 34.8 Å². The predicted molar refractivity (Wildman–Crippen MR) is 196 cm³/mol. The number of alkyl carbamates (subject to hydrolysis) is 1. The molecule has 0 fully saturated rings. The van der Waals surface area contributed by atoms with Gasteiger partial charge in [0, 0.05) is 32.1 Å². The van der Waals surface area contributed by atoms with Crippen molar-refractivity contribution in [1.82, 2.24) is 15.5 Å². The van der Waals surface area contributed by atoms with Crippen molar-refractivity contribution in [2.75, 3.05) is 26.2 Å². The largest absolute Gasteiger partial charge is 0.488 e. The number of amides is 2. The van der Waals surface area contributed by atoms with Gasteiger partial charge in [0.2, 0.25) is 5.91 Å². The van der Waals surface area contributed by atoms with E-state index in [1.807, 2.05) is 75.4 Å². The van der Waals surface area contributed by atoms with Gasteiger partial charge in [0.25, 0.3) is 0 Å². The van der Waals surface area contributed by atoms with Crippen LogP contribution in [0.5, 0.6) is 0 Å². The molecule has 0 bridgehead atoms. The standard InChI is InChI=1S/C38H52BN3O7/c1-9-15-27(4)28(5)26-48-37(45)41-34(36(44)49-38(6,7)8)23-35(43)40-21-22-42(24-29(11-3)33(16-10-2)39(46)47)25-31-19-14-18-30-17-12-13-20-32(30)31/h9-20,28,34,46-47H,2,4,21-26H2,1,3,5-8H3,(H,40,43)(H,41,45). The molecule has 0 radical (unpaired) electrons. The van der Waals surface area contributed by atoms with E-state index in [1.165, 1.54) is 6.08 Å². The quantitative estimate of drug-likeness (QED) is 0.0936. The number of carbonyl (C=O) groups excluding carboxylic acids is 3.